The monoisotopic (exact) mass is 404 g/mol. The van der Waals surface area contributed by atoms with Crippen LogP contribution < -0.4 is 4.74 Å². The number of halogens is 3. The minimum Gasteiger partial charge on any atom is -0.493 e. The number of hydrogen-bond acceptors (Lipinski definition) is 4. The molecule has 0 amide bonds. The molecule has 0 saturated heterocycles. The summed E-state index contributed by atoms with van der Waals surface area (Å²) in [4.78, 5) is 12.1. The van der Waals surface area contributed by atoms with Crippen molar-refractivity contribution in [3.8, 4) is 5.75 Å². The predicted molar refractivity (Wildman–Crippen MR) is 100 cm³/mol. The first kappa shape index (κ1) is 21.9. The lowest BCUT2D eigenvalue weighted by molar-refractivity contribution is -0.144. The van der Waals surface area contributed by atoms with Crippen LogP contribution in [0.3, 0.4) is 0 Å². The standard InChI is InChI=1S/C20H27F3O3S/c1-3-5-6-14(4-2)13-26-19(24)8-10-27-18-11-15-7-9-25-17(15)12-16(18)20(21,22)23/h11-12,14H,3-10,13H2,1-2H3. The minimum atomic E-state index is -4.45. The van der Waals surface area contributed by atoms with Crippen molar-refractivity contribution in [1.29, 1.82) is 0 Å². The fraction of sp³-hybridized carbons (Fsp3) is 0.650. The lowest BCUT2D eigenvalue weighted by atomic mass is 10.0. The number of thioether (sulfide) groups is 1. The number of hydrogen-bond donors (Lipinski definition) is 0. The van der Waals surface area contributed by atoms with Crippen LogP contribution in [0.2, 0.25) is 0 Å². The lowest BCUT2D eigenvalue weighted by Gasteiger charge is -2.15. The van der Waals surface area contributed by atoms with Crippen molar-refractivity contribution in [3.05, 3.63) is 23.3 Å². The van der Waals surface area contributed by atoms with Crippen LogP contribution in [0, 0.1) is 5.92 Å². The van der Waals surface area contributed by atoms with Crippen LogP contribution in [-0.4, -0.2) is 24.9 Å². The van der Waals surface area contributed by atoms with Gasteiger partial charge in [-0.1, -0.05) is 33.1 Å². The number of unbranched alkanes of at least 4 members (excludes halogenated alkanes) is 1. The summed E-state index contributed by atoms with van der Waals surface area (Å²) in [5.74, 6) is 0.571. The van der Waals surface area contributed by atoms with E-state index in [1.165, 1.54) is 0 Å². The molecule has 2 rings (SSSR count). The van der Waals surface area contributed by atoms with Crippen LogP contribution in [0.1, 0.15) is 57.1 Å². The van der Waals surface area contributed by atoms with Crippen LogP contribution in [0.5, 0.6) is 5.75 Å². The Kier molecular flexibility index (Phi) is 8.32. The van der Waals surface area contributed by atoms with Gasteiger partial charge in [-0.15, -0.1) is 11.8 Å². The van der Waals surface area contributed by atoms with Gasteiger partial charge in [0, 0.05) is 17.1 Å². The molecule has 152 valence electrons. The van der Waals surface area contributed by atoms with Crippen LogP contribution in [0.15, 0.2) is 17.0 Å². The third kappa shape index (κ3) is 6.63. The molecule has 1 atom stereocenters. The summed E-state index contributed by atoms with van der Waals surface area (Å²) in [6, 6.07) is 2.61. The second-order valence-corrected chi connectivity index (χ2v) is 7.89. The number of alkyl halides is 3. The van der Waals surface area contributed by atoms with Crippen molar-refractivity contribution >= 4 is 17.7 Å². The average Bonchev–Trinajstić information content (AvgIpc) is 3.08. The largest absolute Gasteiger partial charge is 0.493 e. The van der Waals surface area contributed by atoms with Crippen molar-refractivity contribution in [3.63, 3.8) is 0 Å². The molecular weight excluding hydrogens is 377 g/mol. The lowest BCUT2D eigenvalue weighted by Crippen LogP contribution is -2.14. The van der Waals surface area contributed by atoms with Gasteiger partial charge in [0.2, 0.25) is 0 Å². The molecule has 1 unspecified atom stereocenters. The number of ether oxygens (including phenoxy) is 2. The van der Waals surface area contributed by atoms with Crippen LogP contribution in [0.4, 0.5) is 13.2 Å². The fourth-order valence-corrected chi connectivity index (χ4v) is 4.01. The molecular formula is C20H27F3O3S. The Morgan fingerprint density at radius 1 is 1.33 bits per heavy atom. The Hall–Kier alpha value is -1.37. The Bertz CT molecular complexity index is 632. The molecule has 27 heavy (non-hydrogen) atoms. The predicted octanol–water partition coefficient (Wildman–Crippen LogP) is 5.88. The third-order valence-electron chi connectivity index (χ3n) is 4.68. The topological polar surface area (TPSA) is 35.5 Å². The van der Waals surface area contributed by atoms with Gasteiger partial charge in [0.05, 0.1) is 25.2 Å². The molecule has 0 aromatic heterocycles. The average molecular weight is 404 g/mol. The highest BCUT2D eigenvalue weighted by Crippen LogP contribution is 2.42. The number of rotatable bonds is 10. The van der Waals surface area contributed by atoms with Crippen LogP contribution >= 0.6 is 11.8 Å². The van der Waals surface area contributed by atoms with Crippen molar-refractivity contribution in [2.24, 2.45) is 5.92 Å². The van der Waals surface area contributed by atoms with Crippen molar-refractivity contribution in [2.75, 3.05) is 19.0 Å². The molecule has 1 aromatic carbocycles. The summed E-state index contributed by atoms with van der Waals surface area (Å²) in [5, 5.41) is 0. The molecule has 3 nitrogen and oxygen atoms in total. The van der Waals surface area contributed by atoms with E-state index in [9.17, 15) is 18.0 Å². The van der Waals surface area contributed by atoms with Gasteiger partial charge in [0.15, 0.2) is 0 Å². The van der Waals surface area contributed by atoms with Crippen LogP contribution in [-0.2, 0) is 22.1 Å². The van der Waals surface area contributed by atoms with Gasteiger partial charge in [-0.05, 0) is 30.0 Å². The number of carbonyl (C=O) groups excluding carboxylic acids is 1. The molecule has 1 aromatic rings. The SMILES string of the molecule is CCCCC(CC)COC(=O)CCSc1cc2c(cc1C(F)(F)F)OCC2. The molecule has 0 saturated carbocycles. The molecule has 1 aliphatic heterocycles. The summed E-state index contributed by atoms with van der Waals surface area (Å²) in [7, 11) is 0. The van der Waals surface area contributed by atoms with E-state index in [1.54, 1.807) is 6.07 Å². The molecule has 0 fully saturated rings. The van der Waals surface area contributed by atoms with Gasteiger partial charge < -0.3 is 9.47 Å². The molecule has 7 heteroatoms. The van der Waals surface area contributed by atoms with E-state index in [-0.39, 0.29) is 23.0 Å². The zero-order valence-corrected chi connectivity index (χ0v) is 16.7. The summed E-state index contributed by atoms with van der Waals surface area (Å²) < 4.78 is 50.4. The maximum absolute atomic E-state index is 13.3. The molecule has 0 spiro atoms. The van der Waals surface area contributed by atoms with E-state index < -0.39 is 11.7 Å². The van der Waals surface area contributed by atoms with Gasteiger partial charge >= 0.3 is 12.1 Å². The summed E-state index contributed by atoms with van der Waals surface area (Å²) in [6.07, 6.45) is 0.453. The quantitative estimate of drug-likeness (QED) is 0.360. The molecule has 0 aliphatic carbocycles. The van der Waals surface area contributed by atoms with Crippen LogP contribution in [0.25, 0.3) is 0 Å². The number of esters is 1. The Labute approximate surface area is 163 Å². The minimum absolute atomic E-state index is 0.0970. The van der Waals surface area contributed by atoms with Crippen molar-refractivity contribution in [1.82, 2.24) is 0 Å². The van der Waals surface area contributed by atoms with Gasteiger partial charge in [0.25, 0.3) is 0 Å². The normalized spacial score (nSPS) is 14.6. The highest BCUT2D eigenvalue weighted by Gasteiger charge is 2.35. The number of fused-ring (bicyclic) bond motifs is 1. The number of benzene rings is 1. The fourth-order valence-electron chi connectivity index (χ4n) is 2.97. The van der Waals surface area contributed by atoms with E-state index in [4.69, 9.17) is 9.47 Å². The first-order valence-electron chi connectivity index (χ1n) is 9.50. The maximum Gasteiger partial charge on any atom is 0.417 e. The summed E-state index contributed by atoms with van der Waals surface area (Å²) in [6.45, 7) is 4.99. The molecule has 0 N–H and O–H groups in total. The smallest absolute Gasteiger partial charge is 0.417 e. The highest BCUT2D eigenvalue weighted by atomic mass is 32.2. The maximum atomic E-state index is 13.3. The van der Waals surface area contributed by atoms with E-state index in [0.29, 0.717) is 31.3 Å². The van der Waals surface area contributed by atoms with Gasteiger partial charge in [-0.2, -0.15) is 13.2 Å². The highest BCUT2D eigenvalue weighted by molar-refractivity contribution is 7.99. The molecule has 0 radical (unpaired) electrons. The zero-order chi connectivity index (χ0) is 19.9. The van der Waals surface area contributed by atoms with Crippen molar-refractivity contribution in [2.45, 2.75) is 63.4 Å². The molecule has 0 bridgehead atoms. The first-order chi connectivity index (χ1) is 12.8. The van der Waals surface area contributed by atoms with E-state index in [0.717, 1.165) is 49.1 Å². The Morgan fingerprint density at radius 2 is 2.11 bits per heavy atom. The third-order valence-corrected chi connectivity index (χ3v) is 5.74. The van der Waals surface area contributed by atoms with Crippen molar-refractivity contribution < 1.29 is 27.4 Å². The van der Waals surface area contributed by atoms with Gasteiger partial charge in [-0.25, -0.2) is 0 Å². The van der Waals surface area contributed by atoms with Gasteiger partial charge in [0.1, 0.15) is 5.75 Å². The van der Waals surface area contributed by atoms with E-state index in [1.807, 2.05) is 0 Å². The molecule has 1 heterocycles. The first-order valence-corrected chi connectivity index (χ1v) is 10.5. The van der Waals surface area contributed by atoms with E-state index >= 15 is 0 Å². The zero-order valence-electron chi connectivity index (χ0n) is 15.9. The van der Waals surface area contributed by atoms with Gasteiger partial charge in [-0.3, -0.25) is 4.79 Å². The second-order valence-electron chi connectivity index (χ2n) is 6.75. The molecule has 1 aliphatic rings. The summed E-state index contributed by atoms with van der Waals surface area (Å²) in [5.41, 5.74) is 0.0851. The Balaban J connectivity index is 1.87. The summed E-state index contributed by atoms with van der Waals surface area (Å²) >= 11 is 1.05. The Morgan fingerprint density at radius 3 is 2.78 bits per heavy atom. The number of carbonyl (C=O) groups is 1. The second kappa shape index (κ2) is 10.2. The van der Waals surface area contributed by atoms with E-state index in [2.05, 4.69) is 13.8 Å².